The maximum Gasteiger partial charge on any atom is 0.123 e. The molecule has 1 aliphatic heterocycles. The number of nitrogens with two attached hydrogens (primary N) is 1. The highest BCUT2D eigenvalue weighted by Crippen LogP contribution is 2.30. The largest absolute Gasteiger partial charge is 0.384 e. The van der Waals surface area contributed by atoms with Gasteiger partial charge in [-0.15, -0.1) is 0 Å². The molecule has 3 rings (SSSR count). The van der Waals surface area contributed by atoms with E-state index in [9.17, 15) is 4.39 Å². The smallest absolute Gasteiger partial charge is 0.123 e. The van der Waals surface area contributed by atoms with Crippen LogP contribution in [0.1, 0.15) is 24.0 Å². The Morgan fingerprint density at radius 1 is 1.19 bits per heavy atom. The number of hydrogen-bond donors (Lipinski definition) is 2. The van der Waals surface area contributed by atoms with Crippen molar-refractivity contribution in [3.8, 4) is 0 Å². The lowest BCUT2D eigenvalue weighted by Gasteiger charge is -2.35. The summed E-state index contributed by atoms with van der Waals surface area (Å²) < 4.78 is 13.3. The molecule has 0 amide bonds. The average Bonchev–Trinajstić information content (AvgIpc) is 3.27. The van der Waals surface area contributed by atoms with E-state index >= 15 is 0 Å². The SMILES string of the molecule is N=C(N)c1cc(F)ccc1CN1CCN(CC2CC2)CC1. The Balaban J connectivity index is 1.58. The van der Waals surface area contributed by atoms with Crippen LogP contribution in [-0.2, 0) is 6.54 Å². The fourth-order valence-corrected chi connectivity index (χ4v) is 2.97. The summed E-state index contributed by atoms with van der Waals surface area (Å²) in [5.74, 6) is 0.549. The third-order valence-electron chi connectivity index (χ3n) is 4.43. The van der Waals surface area contributed by atoms with E-state index in [2.05, 4.69) is 9.80 Å². The highest BCUT2D eigenvalue weighted by Gasteiger charge is 2.26. The second-order valence-electron chi connectivity index (χ2n) is 6.24. The quantitative estimate of drug-likeness (QED) is 0.640. The molecule has 0 atom stereocenters. The Kier molecular flexibility index (Phi) is 4.22. The minimum atomic E-state index is -0.335. The lowest BCUT2D eigenvalue weighted by atomic mass is 10.1. The molecule has 5 heteroatoms. The van der Waals surface area contributed by atoms with E-state index in [0.29, 0.717) is 5.56 Å². The molecular weight excluding hydrogens is 267 g/mol. The first-order valence-electron chi connectivity index (χ1n) is 7.69. The normalized spacial score (nSPS) is 20.6. The Morgan fingerprint density at radius 3 is 2.48 bits per heavy atom. The predicted molar refractivity (Wildman–Crippen MR) is 81.9 cm³/mol. The van der Waals surface area contributed by atoms with Crippen LogP contribution >= 0.6 is 0 Å². The Bertz CT molecular complexity index is 519. The maximum absolute atomic E-state index is 13.3. The van der Waals surface area contributed by atoms with E-state index < -0.39 is 0 Å². The molecule has 1 saturated carbocycles. The summed E-state index contributed by atoms with van der Waals surface area (Å²) in [6, 6.07) is 4.56. The lowest BCUT2D eigenvalue weighted by Crippen LogP contribution is -2.46. The van der Waals surface area contributed by atoms with Gasteiger partial charge in [0.15, 0.2) is 0 Å². The van der Waals surface area contributed by atoms with E-state index in [4.69, 9.17) is 11.1 Å². The van der Waals surface area contributed by atoms with Crippen LogP contribution in [0.25, 0.3) is 0 Å². The number of nitrogens with one attached hydrogen (secondary N) is 1. The van der Waals surface area contributed by atoms with Crippen LogP contribution in [-0.4, -0.2) is 48.4 Å². The molecule has 0 radical (unpaired) electrons. The van der Waals surface area contributed by atoms with Gasteiger partial charge in [0.2, 0.25) is 0 Å². The van der Waals surface area contributed by atoms with Gasteiger partial charge in [-0.05, 0) is 36.5 Å². The highest BCUT2D eigenvalue weighted by molar-refractivity contribution is 5.96. The molecule has 3 N–H and O–H groups in total. The zero-order chi connectivity index (χ0) is 14.8. The van der Waals surface area contributed by atoms with Crippen molar-refractivity contribution in [3.63, 3.8) is 0 Å². The van der Waals surface area contributed by atoms with Gasteiger partial charge < -0.3 is 10.6 Å². The van der Waals surface area contributed by atoms with Crippen LogP contribution < -0.4 is 5.73 Å². The molecule has 1 aromatic rings. The van der Waals surface area contributed by atoms with Gasteiger partial charge in [-0.3, -0.25) is 10.3 Å². The number of nitrogen functional groups attached to an aromatic ring is 1. The Hall–Kier alpha value is -1.46. The van der Waals surface area contributed by atoms with E-state index in [1.54, 1.807) is 6.07 Å². The summed E-state index contributed by atoms with van der Waals surface area (Å²) >= 11 is 0. The van der Waals surface area contributed by atoms with Crippen LogP contribution in [0.4, 0.5) is 4.39 Å². The molecule has 1 saturated heterocycles. The molecule has 0 spiro atoms. The zero-order valence-corrected chi connectivity index (χ0v) is 12.3. The first-order chi connectivity index (χ1) is 10.1. The lowest BCUT2D eigenvalue weighted by molar-refractivity contribution is 0.123. The van der Waals surface area contributed by atoms with Crippen molar-refractivity contribution in [2.75, 3.05) is 32.7 Å². The molecule has 2 aliphatic rings. The van der Waals surface area contributed by atoms with Crippen LogP contribution in [0, 0.1) is 17.1 Å². The van der Waals surface area contributed by atoms with Crippen molar-refractivity contribution < 1.29 is 4.39 Å². The van der Waals surface area contributed by atoms with E-state index in [-0.39, 0.29) is 11.7 Å². The van der Waals surface area contributed by atoms with E-state index in [0.717, 1.165) is 44.2 Å². The third-order valence-corrected chi connectivity index (χ3v) is 4.43. The fraction of sp³-hybridized carbons (Fsp3) is 0.562. The van der Waals surface area contributed by atoms with Gasteiger partial charge >= 0.3 is 0 Å². The van der Waals surface area contributed by atoms with Gasteiger partial charge in [-0.1, -0.05) is 6.07 Å². The number of piperazine rings is 1. The summed E-state index contributed by atoms with van der Waals surface area (Å²) in [6.07, 6.45) is 2.80. The van der Waals surface area contributed by atoms with Crippen molar-refractivity contribution in [1.82, 2.24) is 9.80 Å². The molecule has 0 aromatic heterocycles. The number of benzene rings is 1. The number of hydrogen-bond acceptors (Lipinski definition) is 3. The first kappa shape index (κ1) is 14.5. The van der Waals surface area contributed by atoms with Gasteiger partial charge in [-0.2, -0.15) is 0 Å². The Labute approximate surface area is 125 Å². The molecule has 2 fully saturated rings. The number of halogens is 1. The zero-order valence-electron chi connectivity index (χ0n) is 12.3. The predicted octanol–water partition coefficient (Wildman–Crippen LogP) is 1.64. The van der Waals surface area contributed by atoms with Gasteiger partial charge in [0.1, 0.15) is 11.7 Å². The Morgan fingerprint density at radius 2 is 1.86 bits per heavy atom. The van der Waals surface area contributed by atoms with Crippen molar-refractivity contribution >= 4 is 5.84 Å². The molecule has 1 aliphatic carbocycles. The molecule has 1 heterocycles. The molecule has 21 heavy (non-hydrogen) atoms. The van der Waals surface area contributed by atoms with Crippen molar-refractivity contribution in [3.05, 3.63) is 35.1 Å². The van der Waals surface area contributed by atoms with Crippen LogP contribution in [0.3, 0.4) is 0 Å². The highest BCUT2D eigenvalue weighted by atomic mass is 19.1. The molecule has 114 valence electrons. The maximum atomic E-state index is 13.3. The molecular formula is C16H23FN4. The van der Waals surface area contributed by atoms with Gasteiger partial charge in [0.25, 0.3) is 0 Å². The number of amidine groups is 1. The summed E-state index contributed by atoms with van der Waals surface area (Å²) in [5, 5.41) is 7.59. The summed E-state index contributed by atoms with van der Waals surface area (Å²) in [5.41, 5.74) is 7.03. The van der Waals surface area contributed by atoms with Gasteiger partial charge in [0, 0.05) is 44.8 Å². The molecule has 4 nitrogen and oxygen atoms in total. The van der Waals surface area contributed by atoms with Crippen LogP contribution in [0.2, 0.25) is 0 Å². The average molecular weight is 290 g/mol. The van der Waals surface area contributed by atoms with Crippen molar-refractivity contribution in [2.45, 2.75) is 19.4 Å². The number of rotatable bonds is 5. The number of nitrogens with zero attached hydrogens (tertiary/aromatic N) is 2. The minimum absolute atomic E-state index is 0.0585. The molecule has 1 aromatic carbocycles. The van der Waals surface area contributed by atoms with E-state index in [1.807, 2.05) is 0 Å². The fourth-order valence-electron chi connectivity index (χ4n) is 2.97. The van der Waals surface area contributed by atoms with Gasteiger partial charge in [-0.25, -0.2) is 4.39 Å². The molecule has 0 bridgehead atoms. The standard InChI is InChI=1S/C16H23FN4/c17-14-4-3-13(15(9-14)16(18)19)11-21-7-5-20(6-8-21)10-12-1-2-12/h3-4,9,12H,1-2,5-8,10-11H2,(H3,18,19). The minimum Gasteiger partial charge on any atom is -0.384 e. The second-order valence-corrected chi connectivity index (χ2v) is 6.24. The summed E-state index contributed by atoms with van der Waals surface area (Å²) in [4.78, 5) is 4.91. The van der Waals surface area contributed by atoms with Crippen molar-refractivity contribution in [1.29, 1.82) is 5.41 Å². The summed E-state index contributed by atoms with van der Waals surface area (Å²) in [6.45, 7) is 6.26. The third kappa shape index (κ3) is 3.80. The van der Waals surface area contributed by atoms with Crippen molar-refractivity contribution in [2.24, 2.45) is 11.7 Å². The van der Waals surface area contributed by atoms with Crippen LogP contribution in [0.5, 0.6) is 0 Å². The van der Waals surface area contributed by atoms with E-state index in [1.165, 1.54) is 31.5 Å². The molecule has 0 unspecified atom stereocenters. The van der Waals surface area contributed by atoms with Crippen LogP contribution in [0.15, 0.2) is 18.2 Å². The topological polar surface area (TPSA) is 56.4 Å². The second kappa shape index (κ2) is 6.12. The summed E-state index contributed by atoms with van der Waals surface area (Å²) in [7, 11) is 0. The van der Waals surface area contributed by atoms with Gasteiger partial charge in [0.05, 0.1) is 0 Å². The first-order valence-corrected chi connectivity index (χ1v) is 7.69. The monoisotopic (exact) mass is 290 g/mol.